The Bertz CT molecular complexity index is 949. The third kappa shape index (κ3) is 4.32. The number of furan rings is 1. The van der Waals surface area contributed by atoms with Crippen molar-refractivity contribution in [2.24, 2.45) is 0 Å². The first kappa shape index (κ1) is 18.2. The van der Waals surface area contributed by atoms with Crippen LogP contribution >= 0.6 is 15.9 Å². The molecule has 2 amide bonds. The molecule has 0 atom stereocenters. The highest BCUT2D eigenvalue weighted by Gasteiger charge is 2.12. The van der Waals surface area contributed by atoms with Crippen LogP contribution in [0.3, 0.4) is 0 Å². The van der Waals surface area contributed by atoms with Crippen molar-refractivity contribution >= 4 is 44.4 Å². The summed E-state index contributed by atoms with van der Waals surface area (Å²) in [6, 6.07) is 13.3. The Morgan fingerprint density at radius 1 is 1.12 bits per heavy atom. The zero-order valence-electron chi connectivity index (χ0n) is 14.3. The number of halogens is 1. The van der Waals surface area contributed by atoms with Gasteiger partial charge in [0.25, 0.3) is 0 Å². The van der Waals surface area contributed by atoms with Crippen LogP contribution in [0.15, 0.2) is 57.6 Å². The number of amides is 2. The second kappa shape index (κ2) is 8.19. The number of rotatable bonds is 6. The minimum absolute atomic E-state index is 0.0874. The molecule has 0 saturated carbocycles. The zero-order valence-corrected chi connectivity index (χ0v) is 15.9. The smallest absolute Gasteiger partial charge is 0.243 e. The van der Waals surface area contributed by atoms with Gasteiger partial charge in [-0.3, -0.25) is 9.59 Å². The van der Waals surface area contributed by atoms with Crippen LogP contribution < -0.4 is 10.6 Å². The van der Waals surface area contributed by atoms with Crippen LogP contribution in [0.1, 0.15) is 18.1 Å². The molecule has 3 rings (SSSR count). The molecular weight excluding hydrogens is 396 g/mol. The highest BCUT2D eigenvalue weighted by Crippen LogP contribution is 2.23. The first-order valence-corrected chi connectivity index (χ1v) is 9.16. The van der Waals surface area contributed by atoms with Gasteiger partial charge in [0.05, 0.1) is 24.9 Å². The molecule has 3 aromatic rings. The lowest BCUT2D eigenvalue weighted by Crippen LogP contribution is -2.33. The number of hydrogen-bond donors (Lipinski definition) is 2. The first-order valence-electron chi connectivity index (χ1n) is 8.37. The predicted octanol–water partition coefficient (Wildman–Crippen LogP) is 4.06. The molecular formula is C20H19BrN2O3. The molecule has 5 nitrogen and oxygen atoms in total. The lowest BCUT2D eigenvalue weighted by atomic mass is 10.1. The van der Waals surface area contributed by atoms with Gasteiger partial charge in [-0.15, -0.1) is 0 Å². The van der Waals surface area contributed by atoms with Crippen LogP contribution in [0, 0.1) is 0 Å². The van der Waals surface area contributed by atoms with Crippen LogP contribution in [0.5, 0.6) is 0 Å². The lowest BCUT2D eigenvalue weighted by molar-refractivity contribution is -0.123. The fourth-order valence-electron chi connectivity index (χ4n) is 2.66. The number of benzene rings is 2. The molecule has 1 aromatic heterocycles. The van der Waals surface area contributed by atoms with Gasteiger partial charge in [0.2, 0.25) is 11.8 Å². The van der Waals surface area contributed by atoms with Crippen molar-refractivity contribution in [2.45, 2.75) is 19.8 Å². The van der Waals surface area contributed by atoms with E-state index in [2.05, 4.69) is 33.5 Å². The quantitative estimate of drug-likeness (QED) is 0.638. The van der Waals surface area contributed by atoms with Gasteiger partial charge >= 0.3 is 0 Å². The molecule has 0 aliphatic carbocycles. The number of nitrogens with one attached hydrogen (secondary N) is 2. The number of carbonyl (C=O) groups is 2. The number of hydrogen-bond acceptors (Lipinski definition) is 3. The molecule has 0 aliphatic rings. The number of carbonyl (C=O) groups excluding carboxylic acids is 2. The Morgan fingerprint density at radius 3 is 2.69 bits per heavy atom. The van der Waals surface area contributed by atoms with E-state index in [9.17, 15) is 9.59 Å². The predicted molar refractivity (Wildman–Crippen MR) is 105 cm³/mol. The maximum absolute atomic E-state index is 12.2. The Labute approximate surface area is 159 Å². The monoisotopic (exact) mass is 414 g/mol. The van der Waals surface area contributed by atoms with Crippen molar-refractivity contribution in [3.63, 3.8) is 0 Å². The summed E-state index contributed by atoms with van der Waals surface area (Å²) in [5.74, 6) is -0.510. The van der Waals surface area contributed by atoms with E-state index in [4.69, 9.17) is 4.42 Å². The molecule has 0 saturated heterocycles. The number of aryl methyl sites for hydroxylation is 1. The molecule has 0 radical (unpaired) electrons. The average molecular weight is 415 g/mol. The summed E-state index contributed by atoms with van der Waals surface area (Å²) < 4.78 is 6.33. The van der Waals surface area contributed by atoms with Crippen molar-refractivity contribution in [2.75, 3.05) is 11.9 Å². The summed E-state index contributed by atoms with van der Waals surface area (Å²) in [5.41, 5.74) is 3.44. The summed E-state index contributed by atoms with van der Waals surface area (Å²) in [6.45, 7) is 1.99. The van der Waals surface area contributed by atoms with Crippen LogP contribution in [0.2, 0.25) is 0 Å². The van der Waals surface area contributed by atoms with Gasteiger partial charge in [0.1, 0.15) is 5.58 Å². The number of para-hydroxylation sites is 1. The van der Waals surface area contributed by atoms with Crippen molar-refractivity contribution in [3.05, 3.63) is 64.3 Å². The SMILES string of the molecule is CCc1ccc2c(CC(=O)NCC(=O)Nc3ccccc3Br)coc2c1. The summed E-state index contributed by atoms with van der Waals surface area (Å²) in [4.78, 5) is 24.1. The highest BCUT2D eigenvalue weighted by molar-refractivity contribution is 9.10. The summed E-state index contributed by atoms with van der Waals surface area (Å²) in [5, 5.41) is 6.31. The minimum atomic E-state index is -0.283. The molecule has 134 valence electrons. The fourth-order valence-corrected chi connectivity index (χ4v) is 3.04. The second-order valence-electron chi connectivity index (χ2n) is 5.93. The Balaban J connectivity index is 1.56. The Kier molecular flexibility index (Phi) is 5.73. The molecule has 26 heavy (non-hydrogen) atoms. The van der Waals surface area contributed by atoms with E-state index in [1.165, 1.54) is 5.56 Å². The third-order valence-electron chi connectivity index (χ3n) is 4.07. The van der Waals surface area contributed by atoms with Gasteiger partial charge in [0.15, 0.2) is 0 Å². The van der Waals surface area contributed by atoms with Crippen molar-refractivity contribution in [3.8, 4) is 0 Å². The summed E-state index contributed by atoms with van der Waals surface area (Å²) >= 11 is 3.37. The average Bonchev–Trinajstić information content (AvgIpc) is 3.04. The van der Waals surface area contributed by atoms with Crippen molar-refractivity contribution in [1.82, 2.24) is 5.32 Å². The van der Waals surface area contributed by atoms with Crippen molar-refractivity contribution < 1.29 is 14.0 Å². The maximum Gasteiger partial charge on any atom is 0.243 e. The van der Waals surface area contributed by atoms with Gasteiger partial charge in [-0.05, 0) is 46.1 Å². The molecule has 0 unspecified atom stereocenters. The number of anilines is 1. The molecule has 2 aromatic carbocycles. The van der Waals surface area contributed by atoms with E-state index < -0.39 is 0 Å². The molecule has 0 spiro atoms. The first-order chi connectivity index (χ1) is 12.6. The van der Waals surface area contributed by atoms with E-state index >= 15 is 0 Å². The molecule has 0 fully saturated rings. The van der Waals surface area contributed by atoms with Crippen LogP contribution in [0.4, 0.5) is 5.69 Å². The van der Waals surface area contributed by atoms with E-state index in [1.54, 1.807) is 12.3 Å². The van der Waals surface area contributed by atoms with E-state index in [0.717, 1.165) is 27.4 Å². The van der Waals surface area contributed by atoms with E-state index in [-0.39, 0.29) is 24.8 Å². The van der Waals surface area contributed by atoms with Crippen LogP contribution in [-0.2, 0) is 22.4 Å². The van der Waals surface area contributed by atoms with Gasteiger partial charge in [-0.2, -0.15) is 0 Å². The highest BCUT2D eigenvalue weighted by atomic mass is 79.9. The second-order valence-corrected chi connectivity index (χ2v) is 6.78. The molecule has 1 heterocycles. The van der Waals surface area contributed by atoms with Gasteiger partial charge in [-0.1, -0.05) is 31.2 Å². The molecule has 0 bridgehead atoms. The largest absolute Gasteiger partial charge is 0.464 e. The van der Waals surface area contributed by atoms with Gasteiger partial charge < -0.3 is 15.1 Å². The van der Waals surface area contributed by atoms with Crippen molar-refractivity contribution in [1.29, 1.82) is 0 Å². The summed E-state index contributed by atoms with van der Waals surface area (Å²) in [6.07, 6.45) is 2.70. The molecule has 2 N–H and O–H groups in total. The fraction of sp³-hybridized carbons (Fsp3) is 0.200. The Hall–Kier alpha value is -2.60. The molecule has 0 aliphatic heterocycles. The Morgan fingerprint density at radius 2 is 1.92 bits per heavy atom. The third-order valence-corrected chi connectivity index (χ3v) is 4.76. The molecule has 6 heteroatoms. The summed E-state index contributed by atoms with van der Waals surface area (Å²) in [7, 11) is 0. The van der Waals surface area contributed by atoms with Gasteiger partial charge in [0, 0.05) is 15.4 Å². The number of fused-ring (bicyclic) bond motifs is 1. The topological polar surface area (TPSA) is 71.3 Å². The maximum atomic E-state index is 12.2. The minimum Gasteiger partial charge on any atom is -0.464 e. The van der Waals surface area contributed by atoms with Crippen LogP contribution in [0.25, 0.3) is 11.0 Å². The van der Waals surface area contributed by atoms with E-state index in [1.807, 2.05) is 36.4 Å². The van der Waals surface area contributed by atoms with E-state index in [0.29, 0.717) is 5.69 Å². The zero-order chi connectivity index (χ0) is 18.5. The normalized spacial score (nSPS) is 10.7. The van der Waals surface area contributed by atoms with Crippen LogP contribution in [-0.4, -0.2) is 18.4 Å². The lowest BCUT2D eigenvalue weighted by Gasteiger charge is -2.08. The van der Waals surface area contributed by atoms with Gasteiger partial charge in [-0.25, -0.2) is 0 Å². The standard InChI is InChI=1S/C20H19BrN2O3/c1-2-13-7-8-15-14(12-26-18(15)9-13)10-19(24)22-11-20(25)23-17-6-4-3-5-16(17)21/h3-9,12H,2,10-11H2,1H3,(H,22,24)(H,23,25).